The fourth-order valence-electron chi connectivity index (χ4n) is 2.30. The van der Waals surface area contributed by atoms with Crippen molar-refractivity contribution in [1.82, 2.24) is 5.32 Å². The average Bonchev–Trinajstić information content (AvgIpc) is 2.81. The lowest BCUT2D eigenvalue weighted by Gasteiger charge is -2.23. The average molecular weight is 274 g/mol. The minimum atomic E-state index is -0.854. The lowest BCUT2D eigenvalue weighted by atomic mass is 10.1. The van der Waals surface area contributed by atoms with Crippen molar-refractivity contribution in [3.05, 3.63) is 0 Å². The molecule has 1 N–H and O–H groups in total. The molecule has 7 nitrogen and oxygen atoms in total. The Labute approximate surface area is 112 Å². The molecule has 2 aliphatic rings. The van der Waals surface area contributed by atoms with Crippen molar-refractivity contribution in [3.63, 3.8) is 0 Å². The molecule has 2 saturated heterocycles. The molecule has 0 saturated carbocycles. The van der Waals surface area contributed by atoms with Gasteiger partial charge in [-0.1, -0.05) is 0 Å². The number of fused-ring (bicyclic) bond motifs is 1. The molecule has 2 rings (SSSR count). The van der Waals surface area contributed by atoms with Crippen molar-refractivity contribution in [1.29, 1.82) is 0 Å². The standard InChI is InChI=1S/C12H19NO6/c1-12(2)18-7-8(10(15)13-5-4-6-14)17-11(16-3)9(7)19-12/h6-9,11H,4-5H2,1-3H3,(H,13,15)/t7-,8+,9-,11-/m0/s1/i6D. The van der Waals surface area contributed by atoms with E-state index in [0.29, 0.717) is 0 Å². The van der Waals surface area contributed by atoms with Crippen LogP contribution in [0.2, 0.25) is 0 Å². The van der Waals surface area contributed by atoms with E-state index in [0.717, 1.165) is 0 Å². The first kappa shape index (κ1) is 13.0. The van der Waals surface area contributed by atoms with Gasteiger partial charge in [-0.15, -0.1) is 0 Å². The minimum absolute atomic E-state index is 0.0386. The zero-order valence-corrected chi connectivity index (χ0v) is 11.2. The predicted molar refractivity (Wildman–Crippen MR) is 63.2 cm³/mol. The van der Waals surface area contributed by atoms with Gasteiger partial charge < -0.3 is 29.1 Å². The fraction of sp³-hybridized carbons (Fsp3) is 0.833. The van der Waals surface area contributed by atoms with E-state index in [4.69, 9.17) is 20.3 Å². The first-order chi connectivity index (χ1) is 9.34. The largest absolute Gasteiger partial charge is 0.353 e. The smallest absolute Gasteiger partial charge is 0.252 e. The molecule has 2 aliphatic heterocycles. The van der Waals surface area contributed by atoms with Gasteiger partial charge in [-0.25, -0.2) is 0 Å². The maximum atomic E-state index is 12.0. The number of hydrogen-bond donors (Lipinski definition) is 1. The number of nitrogens with one attached hydrogen (secondary N) is 1. The van der Waals surface area contributed by atoms with Gasteiger partial charge in [0.2, 0.25) is 0 Å². The molecular formula is C12H19NO6. The summed E-state index contributed by atoms with van der Waals surface area (Å²) in [4.78, 5) is 22.6. The Morgan fingerprint density at radius 3 is 2.79 bits per heavy atom. The maximum absolute atomic E-state index is 12.0. The van der Waals surface area contributed by atoms with Crippen molar-refractivity contribution in [3.8, 4) is 0 Å². The van der Waals surface area contributed by atoms with Crippen LogP contribution in [0.1, 0.15) is 21.6 Å². The van der Waals surface area contributed by atoms with E-state index in [1.54, 1.807) is 13.8 Å². The number of methoxy groups -OCH3 is 1. The summed E-state index contributed by atoms with van der Waals surface area (Å²) in [7, 11) is 1.47. The van der Waals surface area contributed by atoms with Gasteiger partial charge in [0.25, 0.3) is 5.91 Å². The third kappa shape index (κ3) is 2.94. The highest BCUT2D eigenvalue weighted by molar-refractivity contribution is 5.82. The van der Waals surface area contributed by atoms with Gasteiger partial charge in [-0.05, 0) is 13.8 Å². The molecule has 2 fully saturated rings. The van der Waals surface area contributed by atoms with Crippen molar-refractivity contribution in [2.24, 2.45) is 0 Å². The number of carbonyl (C=O) groups excluding carboxylic acids is 2. The van der Waals surface area contributed by atoms with E-state index in [1.807, 2.05) is 0 Å². The Hall–Kier alpha value is -1.02. The van der Waals surface area contributed by atoms with Crippen LogP contribution in [-0.4, -0.2) is 56.2 Å². The Balaban J connectivity index is 1.97. The summed E-state index contributed by atoms with van der Waals surface area (Å²) in [5.74, 6) is -1.20. The van der Waals surface area contributed by atoms with E-state index in [1.165, 1.54) is 7.11 Å². The SMILES string of the molecule is [2H]C(=O)CCNC(=O)[C@@H]1O[C@H](OC)[C@H]2OC(C)(C)O[C@H]21. The molecule has 2 heterocycles. The quantitative estimate of drug-likeness (QED) is 0.686. The van der Waals surface area contributed by atoms with Crippen molar-refractivity contribution >= 4 is 12.2 Å². The van der Waals surface area contributed by atoms with E-state index in [2.05, 4.69) is 5.32 Å². The van der Waals surface area contributed by atoms with Gasteiger partial charge in [0, 0.05) is 20.1 Å². The molecule has 19 heavy (non-hydrogen) atoms. The molecule has 0 spiro atoms. The van der Waals surface area contributed by atoms with E-state index >= 15 is 0 Å². The summed E-state index contributed by atoms with van der Waals surface area (Å²) in [6, 6.07) is 0. The van der Waals surface area contributed by atoms with Crippen molar-refractivity contribution in [2.75, 3.05) is 13.7 Å². The van der Waals surface area contributed by atoms with Gasteiger partial charge >= 0.3 is 0 Å². The molecule has 0 aromatic carbocycles. The molecular weight excluding hydrogens is 254 g/mol. The molecule has 0 aromatic heterocycles. The van der Waals surface area contributed by atoms with Crippen LogP contribution in [0.4, 0.5) is 0 Å². The highest BCUT2D eigenvalue weighted by Gasteiger charge is 2.57. The second-order valence-electron chi connectivity index (χ2n) is 4.91. The van der Waals surface area contributed by atoms with E-state index < -0.39 is 42.6 Å². The van der Waals surface area contributed by atoms with Gasteiger partial charge in [-0.2, -0.15) is 0 Å². The topological polar surface area (TPSA) is 83.1 Å². The van der Waals surface area contributed by atoms with Crippen molar-refractivity contribution in [2.45, 2.75) is 50.7 Å². The van der Waals surface area contributed by atoms with Crippen LogP contribution >= 0.6 is 0 Å². The normalized spacial score (nSPS) is 36.7. The second-order valence-corrected chi connectivity index (χ2v) is 4.91. The summed E-state index contributed by atoms with van der Waals surface area (Å²) in [6.45, 7) is 3.61. The molecule has 0 unspecified atom stereocenters. The van der Waals surface area contributed by atoms with Gasteiger partial charge in [-0.3, -0.25) is 4.79 Å². The van der Waals surface area contributed by atoms with E-state index in [-0.39, 0.29) is 13.0 Å². The van der Waals surface area contributed by atoms with E-state index in [9.17, 15) is 9.59 Å². The molecule has 4 atom stereocenters. The first-order valence-electron chi connectivity index (χ1n) is 6.65. The Morgan fingerprint density at radius 1 is 1.47 bits per heavy atom. The zero-order chi connectivity index (χ0) is 14.9. The van der Waals surface area contributed by atoms with Crippen LogP contribution in [0.15, 0.2) is 0 Å². The summed E-state index contributed by atoms with van der Waals surface area (Å²) in [5, 5.41) is 2.54. The summed E-state index contributed by atoms with van der Waals surface area (Å²) < 4.78 is 28.7. The second kappa shape index (κ2) is 5.54. The fourth-order valence-corrected chi connectivity index (χ4v) is 2.30. The number of ether oxygens (including phenoxy) is 4. The van der Waals surface area contributed by atoms with Crippen LogP contribution in [0.3, 0.4) is 0 Å². The Morgan fingerprint density at radius 2 is 2.16 bits per heavy atom. The molecule has 1 amide bonds. The lowest BCUT2D eigenvalue weighted by molar-refractivity contribution is -0.225. The number of rotatable bonds is 5. The van der Waals surface area contributed by atoms with Crippen LogP contribution < -0.4 is 5.32 Å². The highest BCUT2D eigenvalue weighted by Crippen LogP contribution is 2.38. The maximum Gasteiger partial charge on any atom is 0.252 e. The Bertz CT molecular complexity index is 401. The monoisotopic (exact) mass is 274 g/mol. The van der Waals surface area contributed by atoms with Crippen LogP contribution in [-0.2, 0) is 28.5 Å². The lowest BCUT2D eigenvalue weighted by Crippen LogP contribution is -2.43. The number of carbonyl (C=O) groups is 2. The van der Waals surface area contributed by atoms with Crippen molar-refractivity contribution < 1.29 is 29.9 Å². The summed E-state index contributed by atoms with van der Waals surface area (Å²) in [5.41, 5.74) is 0. The highest BCUT2D eigenvalue weighted by atomic mass is 16.8. The van der Waals surface area contributed by atoms with Gasteiger partial charge in [0.05, 0.1) is 0 Å². The molecule has 7 heteroatoms. The summed E-state index contributed by atoms with van der Waals surface area (Å²) >= 11 is 0. The molecule has 0 bridgehead atoms. The predicted octanol–water partition coefficient (Wildman–Crippen LogP) is -0.417. The zero-order valence-electron chi connectivity index (χ0n) is 12.2. The summed E-state index contributed by atoms with van der Waals surface area (Å²) in [6.07, 6.45) is -3.32. The number of aldehydes is 1. The molecule has 0 radical (unpaired) electrons. The first-order valence-corrected chi connectivity index (χ1v) is 6.15. The van der Waals surface area contributed by atoms with Gasteiger partial charge in [0.15, 0.2) is 18.2 Å². The molecule has 0 aromatic rings. The molecule has 0 aliphatic carbocycles. The van der Waals surface area contributed by atoms with Crippen LogP contribution in [0.5, 0.6) is 0 Å². The third-order valence-corrected chi connectivity index (χ3v) is 3.03. The molecule has 108 valence electrons. The number of hydrogen-bond acceptors (Lipinski definition) is 6. The minimum Gasteiger partial charge on any atom is -0.353 e. The van der Waals surface area contributed by atoms with Gasteiger partial charge in [0.1, 0.15) is 19.8 Å². The third-order valence-electron chi connectivity index (χ3n) is 3.03. The van der Waals surface area contributed by atoms with Crippen LogP contribution in [0, 0.1) is 0 Å². The van der Waals surface area contributed by atoms with Crippen LogP contribution in [0.25, 0.3) is 0 Å². The number of amides is 1. The Kier molecular flexibility index (Phi) is 3.79.